The monoisotopic (exact) mass is 261 g/mol. The van der Waals surface area contributed by atoms with Gasteiger partial charge >= 0.3 is 0 Å². The van der Waals surface area contributed by atoms with Crippen molar-refractivity contribution in [1.29, 1.82) is 0 Å². The molecule has 0 saturated heterocycles. The number of rotatable bonds is 4. The zero-order valence-electron chi connectivity index (χ0n) is 11.4. The SMILES string of the molecule is NC(CCC1C2CC3CC(C2)CC1C3)c1ncon1. The van der Waals surface area contributed by atoms with Crippen molar-refractivity contribution in [3.63, 3.8) is 0 Å². The fraction of sp³-hybridized carbons (Fsp3) is 0.867. The Balaban J connectivity index is 1.38. The van der Waals surface area contributed by atoms with Crippen molar-refractivity contribution in [2.45, 2.75) is 51.0 Å². The Morgan fingerprint density at radius 3 is 2.42 bits per heavy atom. The highest BCUT2D eigenvalue weighted by molar-refractivity contribution is 4.98. The normalized spacial score (nSPS) is 41.6. The maximum absolute atomic E-state index is 6.16. The van der Waals surface area contributed by atoms with Gasteiger partial charge in [-0.25, -0.2) is 0 Å². The number of aromatic nitrogens is 2. The van der Waals surface area contributed by atoms with Gasteiger partial charge in [0.15, 0.2) is 5.82 Å². The van der Waals surface area contributed by atoms with Crippen LogP contribution in [0.25, 0.3) is 0 Å². The minimum atomic E-state index is -0.0454. The van der Waals surface area contributed by atoms with E-state index in [0.717, 1.165) is 36.0 Å². The highest BCUT2D eigenvalue weighted by atomic mass is 16.5. The van der Waals surface area contributed by atoms with Crippen LogP contribution in [0.4, 0.5) is 0 Å². The van der Waals surface area contributed by atoms with Gasteiger partial charge in [-0.05, 0) is 74.5 Å². The van der Waals surface area contributed by atoms with Crippen molar-refractivity contribution in [2.24, 2.45) is 35.3 Å². The molecule has 0 aromatic carbocycles. The fourth-order valence-electron chi connectivity index (χ4n) is 5.35. The Morgan fingerprint density at radius 2 is 1.84 bits per heavy atom. The molecule has 1 unspecified atom stereocenters. The number of nitrogens with two attached hydrogens (primary N) is 1. The number of hydrogen-bond acceptors (Lipinski definition) is 4. The predicted molar refractivity (Wildman–Crippen MR) is 71.0 cm³/mol. The average molecular weight is 261 g/mol. The molecule has 4 bridgehead atoms. The summed E-state index contributed by atoms with van der Waals surface area (Å²) in [5.41, 5.74) is 6.16. The van der Waals surface area contributed by atoms with Crippen molar-refractivity contribution in [3.8, 4) is 0 Å². The van der Waals surface area contributed by atoms with Gasteiger partial charge in [0, 0.05) is 0 Å². The van der Waals surface area contributed by atoms with E-state index in [2.05, 4.69) is 10.1 Å². The largest absolute Gasteiger partial charge is 0.343 e. The van der Waals surface area contributed by atoms with Crippen LogP contribution < -0.4 is 5.73 Å². The smallest absolute Gasteiger partial charge is 0.213 e. The van der Waals surface area contributed by atoms with Crippen LogP contribution in [-0.2, 0) is 0 Å². The van der Waals surface area contributed by atoms with Gasteiger partial charge in [-0.3, -0.25) is 0 Å². The van der Waals surface area contributed by atoms with E-state index >= 15 is 0 Å². The summed E-state index contributed by atoms with van der Waals surface area (Å²) < 4.78 is 4.78. The summed E-state index contributed by atoms with van der Waals surface area (Å²) >= 11 is 0. The van der Waals surface area contributed by atoms with Crippen LogP contribution in [0.1, 0.15) is 56.8 Å². The molecule has 19 heavy (non-hydrogen) atoms. The molecular weight excluding hydrogens is 238 g/mol. The summed E-state index contributed by atoms with van der Waals surface area (Å²) in [5, 5.41) is 3.86. The molecule has 0 aliphatic heterocycles. The second kappa shape index (κ2) is 4.58. The van der Waals surface area contributed by atoms with Gasteiger partial charge in [0.2, 0.25) is 6.39 Å². The first-order valence-electron chi connectivity index (χ1n) is 7.81. The number of nitrogens with zero attached hydrogens (tertiary/aromatic N) is 2. The minimum Gasteiger partial charge on any atom is -0.343 e. The van der Waals surface area contributed by atoms with E-state index in [0.29, 0.717) is 5.82 Å². The molecule has 4 aliphatic rings. The van der Waals surface area contributed by atoms with E-state index < -0.39 is 0 Å². The maximum atomic E-state index is 6.16. The maximum Gasteiger partial charge on any atom is 0.213 e. The second-order valence-electron chi connectivity index (χ2n) is 7.07. The summed E-state index contributed by atoms with van der Waals surface area (Å²) in [4.78, 5) is 4.07. The molecule has 1 atom stereocenters. The summed E-state index contributed by atoms with van der Waals surface area (Å²) in [7, 11) is 0. The molecule has 1 aromatic rings. The molecule has 104 valence electrons. The third-order valence-electron chi connectivity index (χ3n) is 5.94. The van der Waals surface area contributed by atoms with Gasteiger partial charge in [-0.2, -0.15) is 4.98 Å². The molecular formula is C15H23N3O. The van der Waals surface area contributed by atoms with Crippen molar-refractivity contribution in [1.82, 2.24) is 10.1 Å². The highest BCUT2D eigenvalue weighted by Gasteiger charge is 2.47. The van der Waals surface area contributed by atoms with Crippen LogP contribution in [0.5, 0.6) is 0 Å². The van der Waals surface area contributed by atoms with Gasteiger partial charge in [-0.15, -0.1) is 0 Å². The van der Waals surface area contributed by atoms with Crippen LogP contribution >= 0.6 is 0 Å². The summed E-state index contributed by atoms with van der Waals surface area (Å²) in [6.07, 6.45) is 11.1. The van der Waals surface area contributed by atoms with Crippen LogP contribution in [0.3, 0.4) is 0 Å². The Hall–Kier alpha value is -0.900. The summed E-state index contributed by atoms with van der Waals surface area (Å²) in [5.74, 6) is 5.70. The second-order valence-corrected chi connectivity index (χ2v) is 7.07. The van der Waals surface area contributed by atoms with Crippen molar-refractivity contribution in [2.75, 3.05) is 0 Å². The van der Waals surface area contributed by atoms with Gasteiger partial charge in [-0.1, -0.05) is 5.16 Å². The molecule has 0 radical (unpaired) electrons. The molecule has 4 aliphatic carbocycles. The van der Waals surface area contributed by atoms with E-state index in [9.17, 15) is 0 Å². The Labute approximate surface area is 114 Å². The van der Waals surface area contributed by atoms with E-state index in [4.69, 9.17) is 10.3 Å². The zero-order chi connectivity index (χ0) is 12.8. The zero-order valence-corrected chi connectivity index (χ0v) is 11.4. The fourth-order valence-corrected chi connectivity index (χ4v) is 5.35. The standard InChI is InChI=1S/C15H23N3O/c16-14(15-17-8-19-18-15)2-1-13-11-4-9-3-10(6-11)7-12(13)5-9/h8-14H,1-7,16H2. The molecule has 1 aromatic heterocycles. The Bertz CT molecular complexity index is 403. The molecule has 2 N–H and O–H groups in total. The first-order valence-corrected chi connectivity index (χ1v) is 7.81. The van der Waals surface area contributed by atoms with E-state index in [-0.39, 0.29) is 6.04 Å². The molecule has 4 heteroatoms. The van der Waals surface area contributed by atoms with Crippen LogP contribution in [0, 0.1) is 29.6 Å². The average Bonchev–Trinajstić information content (AvgIpc) is 2.90. The van der Waals surface area contributed by atoms with Gasteiger partial charge < -0.3 is 10.3 Å². The van der Waals surface area contributed by atoms with Gasteiger partial charge in [0.1, 0.15) is 0 Å². The van der Waals surface area contributed by atoms with Crippen molar-refractivity contribution in [3.05, 3.63) is 12.2 Å². The van der Waals surface area contributed by atoms with Crippen LogP contribution in [-0.4, -0.2) is 10.1 Å². The lowest BCUT2D eigenvalue weighted by molar-refractivity contribution is -0.0409. The quantitative estimate of drug-likeness (QED) is 0.905. The lowest BCUT2D eigenvalue weighted by Gasteiger charge is -2.54. The lowest BCUT2D eigenvalue weighted by Crippen LogP contribution is -2.45. The highest BCUT2D eigenvalue weighted by Crippen LogP contribution is 2.57. The third-order valence-corrected chi connectivity index (χ3v) is 5.94. The minimum absolute atomic E-state index is 0.0454. The summed E-state index contributed by atoms with van der Waals surface area (Å²) in [6.45, 7) is 0. The van der Waals surface area contributed by atoms with Crippen molar-refractivity contribution < 1.29 is 4.52 Å². The number of hydrogen-bond donors (Lipinski definition) is 1. The topological polar surface area (TPSA) is 64.9 Å². The molecule has 0 spiro atoms. The lowest BCUT2D eigenvalue weighted by atomic mass is 9.51. The molecule has 4 fully saturated rings. The molecule has 4 nitrogen and oxygen atoms in total. The van der Waals surface area contributed by atoms with Gasteiger partial charge in [0.05, 0.1) is 6.04 Å². The molecule has 1 heterocycles. The van der Waals surface area contributed by atoms with Crippen LogP contribution in [0.2, 0.25) is 0 Å². The van der Waals surface area contributed by atoms with E-state index in [1.807, 2.05) is 0 Å². The predicted octanol–water partition coefficient (Wildman–Crippen LogP) is 2.92. The Morgan fingerprint density at radius 1 is 1.16 bits per heavy atom. The molecule has 4 saturated carbocycles. The summed E-state index contributed by atoms with van der Waals surface area (Å²) in [6, 6.07) is -0.0454. The van der Waals surface area contributed by atoms with Crippen LogP contribution in [0.15, 0.2) is 10.9 Å². The van der Waals surface area contributed by atoms with Crippen molar-refractivity contribution >= 4 is 0 Å². The first kappa shape index (κ1) is 11.9. The molecule has 5 rings (SSSR count). The first-order chi connectivity index (χ1) is 9.29. The van der Waals surface area contributed by atoms with E-state index in [1.54, 1.807) is 0 Å². The molecule has 0 amide bonds. The third kappa shape index (κ3) is 2.10. The Kier molecular flexibility index (Phi) is 2.87. The van der Waals surface area contributed by atoms with Gasteiger partial charge in [0.25, 0.3) is 0 Å². The van der Waals surface area contributed by atoms with E-state index in [1.165, 1.54) is 44.9 Å².